The van der Waals surface area contributed by atoms with Crippen LogP contribution in [-0.4, -0.2) is 25.0 Å². The molecule has 0 aliphatic heterocycles. The second-order valence-corrected chi connectivity index (χ2v) is 4.17. The Morgan fingerprint density at radius 2 is 1.84 bits per heavy atom. The van der Waals surface area contributed by atoms with Gasteiger partial charge in [0.05, 0.1) is 6.54 Å². The fourth-order valence-corrected chi connectivity index (χ4v) is 1.60. The van der Waals surface area contributed by atoms with Crippen LogP contribution < -0.4 is 16.0 Å². The third kappa shape index (κ3) is 5.42. The van der Waals surface area contributed by atoms with Gasteiger partial charge in [0.2, 0.25) is 5.91 Å². The Balaban J connectivity index is 2.41. The Hall–Kier alpha value is -2.04. The molecule has 3 N–H and O–H groups in total. The molecular formula is C14H21N3O2. The van der Waals surface area contributed by atoms with Gasteiger partial charge in [-0.15, -0.1) is 0 Å². The lowest BCUT2D eigenvalue weighted by Crippen LogP contribution is -2.39. The molecule has 0 fully saturated rings. The summed E-state index contributed by atoms with van der Waals surface area (Å²) in [5, 5.41) is 7.96. The van der Waals surface area contributed by atoms with E-state index >= 15 is 0 Å². The van der Waals surface area contributed by atoms with Gasteiger partial charge in [-0.25, -0.2) is 4.79 Å². The number of hydrogen-bond acceptors (Lipinski definition) is 2. The minimum atomic E-state index is -0.368. The zero-order valence-corrected chi connectivity index (χ0v) is 11.5. The maximum absolute atomic E-state index is 11.7. The van der Waals surface area contributed by atoms with Crippen molar-refractivity contribution < 1.29 is 9.59 Å². The van der Waals surface area contributed by atoms with E-state index in [-0.39, 0.29) is 18.5 Å². The fourth-order valence-electron chi connectivity index (χ4n) is 1.60. The normalized spacial score (nSPS) is 9.79. The average molecular weight is 263 g/mol. The third-order valence-electron chi connectivity index (χ3n) is 2.63. The summed E-state index contributed by atoms with van der Waals surface area (Å²) < 4.78 is 0. The van der Waals surface area contributed by atoms with Crippen LogP contribution in [0.25, 0.3) is 0 Å². The van der Waals surface area contributed by atoms with Gasteiger partial charge in [0.15, 0.2) is 0 Å². The fraction of sp³-hybridized carbons (Fsp3) is 0.429. The smallest absolute Gasteiger partial charge is 0.319 e. The van der Waals surface area contributed by atoms with E-state index in [0.717, 1.165) is 24.1 Å². The first-order valence-electron chi connectivity index (χ1n) is 6.56. The highest BCUT2D eigenvalue weighted by Crippen LogP contribution is 2.14. The summed E-state index contributed by atoms with van der Waals surface area (Å²) in [5.74, 6) is -0.180. The average Bonchev–Trinajstić information content (AvgIpc) is 2.43. The van der Waals surface area contributed by atoms with Gasteiger partial charge in [0.25, 0.3) is 0 Å². The van der Waals surface area contributed by atoms with Gasteiger partial charge < -0.3 is 16.0 Å². The number of anilines is 1. The Labute approximate surface area is 113 Å². The van der Waals surface area contributed by atoms with E-state index < -0.39 is 0 Å². The van der Waals surface area contributed by atoms with E-state index in [2.05, 4.69) is 16.0 Å². The number of rotatable bonds is 6. The first-order valence-corrected chi connectivity index (χ1v) is 6.56. The summed E-state index contributed by atoms with van der Waals surface area (Å²) in [6, 6.07) is 7.23. The van der Waals surface area contributed by atoms with Crippen LogP contribution in [0.2, 0.25) is 0 Å². The number of benzene rings is 1. The summed E-state index contributed by atoms with van der Waals surface area (Å²) in [6.07, 6.45) is 1.72. The highest BCUT2D eigenvalue weighted by Gasteiger charge is 2.06. The monoisotopic (exact) mass is 263 g/mol. The molecule has 0 aliphatic carbocycles. The van der Waals surface area contributed by atoms with Crippen molar-refractivity contribution in [1.82, 2.24) is 10.6 Å². The largest absolute Gasteiger partial charge is 0.355 e. The molecule has 1 rings (SSSR count). The molecule has 0 radical (unpaired) electrons. The van der Waals surface area contributed by atoms with Crippen LogP contribution in [0.15, 0.2) is 24.3 Å². The minimum absolute atomic E-state index is 0.0138. The molecule has 19 heavy (non-hydrogen) atoms. The van der Waals surface area contributed by atoms with E-state index in [1.54, 1.807) is 0 Å². The quantitative estimate of drug-likeness (QED) is 0.733. The van der Waals surface area contributed by atoms with Crippen LogP contribution in [0.4, 0.5) is 10.5 Å². The molecule has 0 saturated heterocycles. The lowest BCUT2D eigenvalue weighted by molar-refractivity contribution is -0.120. The molecule has 0 bridgehead atoms. The minimum Gasteiger partial charge on any atom is -0.355 e. The third-order valence-corrected chi connectivity index (χ3v) is 2.63. The highest BCUT2D eigenvalue weighted by atomic mass is 16.2. The van der Waals surface area contributed by atoms with Gasteiger partial charge in [-0.05, 0) is 24.5 Å². The molecule has 0 heterocycles. The molecule has 0 aromatic heterocycles. The second kappa shape index (κ2) is 8.13. The van der Waals surface area contributed by atoms with Crippen LogP contribution in [0.3, 0.4) is 0 Å². The van der Waals surface area contributed by atoms with Crippen LogP contribution in [0.5, 0.6) is 0 Å². The summed E-state index contributed by atoms with van der Waals surface area (Å²) >= 11 is 0. The number of amides is 3. The molecule has 0 unspecified atom stereocenters. The topological polar surface area (TPSA) is 70.2 Å². The van der Waals surface area contributed by atoms with Crippen molar-refractivity contribution in [1.29, 1.82) is 0 Å². The maximum Gasteiger partial charge on any atom is 0.319 e. The van der Waals surface area contributed by atoms with Crippen LogP contribution in [-0.2, 0) is 11.2 Å². The van der Waals surface area contributed by atoms with Gasteiger partial charge in [0.1, 0.15) is 0 Å². The molecule has 0 saturated carbocycles. The first-order chi connectivity index (χ1) is 9.17. The van der Waals surface area contributed by atoms with Crippen LogP contribution in [0.1, 0.15) is 25.8 Å². The molecular weight excluding hydrogens is 242 g/mol. The van der Waals surface area contributed by atoms with Crippen molar-refractivity contribution in [2.75, 3.05) is 18.4 Å². The van der Waals surface area contributed by atoms with Crippen LogP contribution >= 0.6 is 0 Å². The molecule has 1 aromatic rings. The number of para-hydroxylation sites is 1. The Bertz CT molecular complexity index is 432. The molecule has 104 valence electrons. The number of aryl methyl sites for hydroxylation is 1. The molecule has 0 spiro atoms. The standard InChI is InChI=1S/C14H21N3O2/c1-3-9-15-13(18)10-16-14(19)17-12-8-6-5-7-11(12)4-2/h5-8H,3-4,9-10H2,1-2H3,(H,15,18)(H2,16,17,19). The zero-order chi connectivity index (χ0) is 14.1. The van der Waals surface area contributed by atoms with E-state index in [1.807, 2.05) is 38.1 Å². The van der Waals surface area contributed by atoms with Crippen molar-refractivity contribution in [3.63, 3.8) is 0 Å². The predicted octanol–water partition coefficient (Wildman–Crippen LogP) is 1.90. The predicted molar refractivity (Wildman–Crippen MR) is 76.1 cm³/mol. The van der Waals surface area contributed by atoms with E-state index in [9.17, 15) is 9.59 Å². The van der Waals surface area contributed by atoms with Crippen molar-refractivity contribution in [3.05, 3.63) is 29.8 Å². The summed E-state index contributed by atoms with van der Waals surface area (Å²) in [6.45, 7) is 4.61. The Morgan fingerprint density at radius 1 is 1.11 bits per heavy atom. The van der Waals surface area contributed by atoms with E-state index in [4.69, 9.17) is 0 Å². The van der Waals surface area contributed by atoms with Crippen molar-refractivity contribution in [3.8, 4) is 0 Å². The van der Waals surface area contributed by atoms with E-state index in [1.165, 1.54) is 0 Å². The number of carbonyl (C=O) groups excluding carboxylic acids is 2. The van der Waals surface area contributed by atoms with Crippen molar-refractivity contribution >= 4 is 17.6 Å². The second-order valence-electron chi connectivity index (χ2n) is 4.17. The van der Waals surface area contributed by atoms with Gasteiger partial charge in [-0.2, -0.15) is 0 Å². The van der Waals surface area contributed by atoms with Gasteiger partial charge >= 0.3 is 6.03 Å². The highest BCUT2D eigenvalue weighted by molar-refractivity contribution is 5.92. The molecule has 0 aliphatic rings. The van der Waals surface area contributed by atoms with E-state index in [0.29, 0.717) is 6.54 Å². The number of hydrogen-bond donors (Lipinski definition) is 3. The van der Waals surface area contributed by atoms with Crippen LogP contribution in [0, 0.1) is 0 Å². The summed E-state index contributed by atoms with van der Waals surface area (Å²) in [5.41, 5.74) is 1.84. The Kier molecular flexibility index (Phi) is 6.43. The summed E-state index contributed by atoms with van der Waals surface area (Å²) in [7, 11) is 0. The maximum atomic E-state index is 11.7. The lowest BCUT2D eigenvalue weighted by atomic mass is 10.1. The Morgan fingerprint density at radius 3 is 2.53 bits per heavy atom. The summed E-state index contributed by atoms with van der Waals surface area (Å²) in [4.78, 5) is 23.0. The number of urea groups is 1. The molecule has 5 nitrogen and oxygen atoms in total. The number of carbonyl (C=O) groups is 2. The van der Waals surface area contributed by atoms with Gasteiger partial charge in [0, 0.05) is 12.2 Å². The van der Waals surface area contributed by atoms with Crippen molar-refractivity contribution in [2.45, 2.75) is 26.7 Å². The SMILES string of the molecule is CCCNC(=O)CNC(=O)Nc1ccccc1CC. The molecule has 1 aromatic carbocycles. The number of nitrogens with one attached hydrogen (secondary N) is 3. The molecule has 0 atom stereocenters. The zero-order valence-electron chi connectivity index (χ0n) is 11.5. The first kappa shape index (κ1) is 15.0. The van der Waals surface area contributed by atoms with Crippen molar-refractivity contribution in [2.24, 2.45) is 0 Å². The van der Waals surface area contributed by atoms with Gasteiger partial charge in [-0.3, -0.25) is 4.79 Å². The molecule has 5 heteroatoms. The van der Waals surface area contributed by atoms with Gasteiger partial charge in [-0.1, -0.05) is 32.0 Å². The molecule has 3 amide bonds. The lowest BCUT2D eigenvalue weighted by Gasteiger charge is -2.10.